The third kappa shape index (κ3) is 16.2. The number of carbonyl (C=O) groups excluding carboxylic acids is 3. The molecule has 0 heterocycles. The SMILES string of the molecule is CC(=O)N(O)CCCCCC(=O)N(O)CCCCCC(=O)N(O)CCCCCC(=O)O. The van der Waals surface area contributed by atoms with Gasteiger partial charge in [-0.1, -0.05) is 19.3 Å². The van der Waals surface area contributed by atoms with Gasteiger partial charge in [-0.25, -0.2) is 15.2 Å². The average molecular weight is 448 g/mol. The van der Waals surface area contributed by atoms with Crippen molar-refractivity contribution in [1.82, 2.24) is 15.2 Å². The number of hydrogen-bond donors (Lipinski definition) is 4. The zero-order valence-corrected chi connectivity index (χ0v) is 18.4. The van der Waals surface area contributed by atoms with E-state index in [1.54, 1.807) is 0 Å². The van der Waals surface area contributed by atoms with E-state index in [1.165, 1.54) is 6.92 Å². The van der Waals surface area contributed by atoms with Crippen LogP contribution in [-0.2, 0) is 19.2 Å². The lowest BCUT2D eigenvalue weighted by molar-refractivity contribution is -0.167. The fourth-order valence-corrected chi connectivity index (χ4v) is 2.81. The lowest BCUT2D eigenvalue weighted by atomic mass is 10.1. The first-order chi connectivity index (χ1) is 14.6. The van der Waals surface area contributed by atoms with Gasteiger partial charge in [0.25, 0.3) is 0 Å². The fourth-order valence-electron chi connectivity index (χ4n) is 2.81. The first-order valence-electron chi connectivity index (χ1n) is 10.8. The molecule has 180 valence electrons. The molecule has 11 heteroatoms. The van der Waals surface area contributed by atoms with E-state index in [0.29, 0.717) is 73.0 Å². The van der Waals surface area contributed by atoms with Crippen molar-refractivity contribution in [3.05, 3.63) is 0 Å². The average Bonchev–Trinajstić information content (AvgIpc) is 2.71. The number of carboxylic acid groups (broad SMARTS) is 1. The standard InChI is InChI=1S/C20H37N3O8/c1-17(24)21(29)14-8-2-5-11-18(25)22(30)15-9-3-6-12-19(26)23(31)16-10-4-7-13-20(27)28/h29-31H,2-16H2,1H3,(H,27,28). The highest BCUT2D eigenvalue weighted by Gasteiger charge is 2.12. The monoisotopic (exact) mass is 447 g/mol. The summed E-state index contributed by atoms with van der Waals surface area (Å²) in [7, 11) is 0. The van der Waals surface area contributed by atoms with Crippen LogP contribution in [0.3, 0.4) is 0 Å². The Morgan fingerprint density at radius 3 is 1.26 bits per heavy atom. The highest BCUT2D eigenvalue weighted by molar-refractivity contribution is 5.75. The first-order valence-corrected chi connectivity index (χ1v) is 10.8. The van der Waals surface area contributed by atoms with E-state index in [1.807, 2.05) is 0 Å². The van der Waals surface area contributed by atoms with Crippen LogP contribution < -0.4 is 0 Å². The van der Waals surface area contributed by atoms with Crippen LogP contribution in [0.15, 0.2) is 0 Å². The maximum atomic E-state index is 11.8. The molecular weight excluding hydrogens is 410 g/mol. The Kier molecular flexibility index (Phi) is 16.2. The summed E-state index contributed by atoms with van der Waals surface area (Å²) >= 11 is 0. The van der Waals surface area contributed by atoms with Crippen LogP contribution in [0.1, 0.15) is 84.0 Å². The summed E-state index contributed by atoms with van der Waals surface area (Å²) in [5.74, 6) is -2.09. The number of hydrogen-bond acceptors (Lipinski definition) is 7. The number of unbranched alkanes of at least 4 members (excludes halogenated alkanes) is 6. The number of amides is 3. The molecule has 0 aliphatic carbocycles. The molecule has 0 aliphatic rings. The molecule has 0 bridgehead atoms. The molecule has 0 atom stereocenters. The van der Waals surface area contributed by atoms with E-state index in [-0.39, 0.29) is 38.9 Å². The predicted octanol–water partition coefficient (Wildman–Crippen LogP) is 2.43. The van der Waals surface area contributed by atoms with Crippen LogP contribution in [0.5, 0.6) is 0 Å². The molecule has 31 heavy (non-hydrogen) atoms. The van der Waals surface area contributed by atoms with Gasteiger partial charge < -0.3 is 5.11 Å². The van der Waals surface area contributed by atoms with Crippen molar-refractivity contribution < 1.29 is 39.9 Å². The molecule has 0 radical (unpaired) electrons. The van der Waals surface area contributed by atoms with Crippen LogP contribution in [-0.4, -0.2) is 79.2 Å². The molecule has 0 saturated heterocycles. The summed E-state index contributed by atoms with van der Waals surface area (Å²) in [5, 5.41) is 39.1. The zero-order chi connectivity index (χ0) is 23.6. The summed E-state index contributed by atoms with van der Waals surface area (Å²) in [4.78, 5) is 44.9. The molecule has 0 fully saturated rings. The Hall–Kier alpha value is -2.24. The van der Waals surface area contributed by atoms with Crippen LogP contribution in [0.2, 0.25) is 0 Å². The fraction of sp³-hybridized carbons (Fsp3) is 0.800. The number of rotatable bonds is 18. The van der Waals surface area contributed by atoms with Crippen LogP contribution in [0.25, 0.3) is 0 Å². The maximum absolute atomic E-state index is 11.8. The molecule has 0 aliphatic heterocycles. The van der Waals surface area contributed by atoms with E-state index >= 15 is 0 Å². The highest BCUT2D eigenvalue weighted by atomic mass is 16.5. The predicted molar refractivity (Wildman–Crippen MR) is 109 cm³/mol. The van der Waals surface area contributed by atoms with Gasteiger partial charge in [-0.3, -0.25) is 34.8 Å². The molecule has 0 unspecified atom stereocenters. The smallest absolute Gasteiger partial charge is 0.303 e. The van der Waals surface area contributed by atoms with Gasteiger partial charge >= 0.3 is 5.97 Å². The lowest BCUT2D eigenvalue weighted by Gasteiger charge is -2.16. The van der Waals surface area contributed by atoms with Gasteiger partial charge in [0.2, 0.25) is 17.7 Å². The third-order valence-corrected chi connectivity index (χ3v) is 4.72. The van der Waals surface area contributed by atoms with E-state index < -0.39 is 23.7 Å². The van der Waals surface area contributed by atoms with Gasteiger partial charge in [-0.15, -0.1) is 0 Å². The maximum Gasteiger partial charge on any atom is 0.303 e. The summed E-state index contributed by atoms with van der Waals surface area (Å²) in [5.41, 5.74) is 0. The van der Waals surface area contributed by atoms with Crippen molar-refractivity contribution in [3.63, 3.8) is 0 Å². The van der Waals surface area contributed by atoms with Gasteiger partial charge in [0, 0.05) is 45.8 Å². The van der Waals surface area contributed by atoms with Crippen molar-refractivity contribution >= 4 is 23.7 Å². The number of hydroxylamine groups is 6. The molecule has 0 aromatic heterocycles. The lowest BCUT2D eigenvalue weighted by Crippen LogP contribution is -2.29. The van der Waals surface area contributed by atoms with Crippen molar-refractivity contribution in [2.45, 2.75) is 84.0 Å². The summed E-state index contributed by atoms with van der Waals surface area (Å²) in [6.45, 7) is 1.80. The van der Waals surface area contributed by atoms with Crippen LogP contribution in [0, 0.1) is 0 Å². The normalized spacial score (nSPS) is 10.6. The Bertz CT molecular complexity index is 559. The molecule has 0 aromatic rings. The minimum atomic E-state index is -0.861. The Morgan fingerprint density at radius 1 is 0.548 bits per heavy atom. The number of carbonyl (C=O) groups is 4. The summed E-state index contributed by atoms with van der Waals surface area (Å²) in [6.07, 6.45) is 5.47. The third-order valence-electron chi connectivity index (χ3n) is 4.72. The number of carboxylic acids is 1. The second-order valence-electron chi connectivity index (χ2n) is 7.50. The van der Waals surface area contributed by atoms with E-state index in [0.717, 1.165) is 0 Å². The minimum absolute atomic E-state index is 0.0767. The Balaban J connectivity index is 3.70. The summed E-state index contributed by atoms with van der Waals surface area (Å²) < 4.78 is 0. The van der Waals surface area contributed by atoms with Gasteiger partial charge in [0.15, 0.2) is 0 Å². The number of aliphatic carboxylic acids is 1. The largest absolute Gasteiger partial charge is 0.481 e. The van der Waals surface area contributed by atoms with Crippen molar-refractivity contribution in [2.75, 3.05) is 19.6 Å². The molecule has 0 aromatic carbocycles. The van der Waals surface area contributed by atoms with Gasteiger partial charge in [-0.2, -0.15) is 0 Å². The second-order valence-corrected chi connectivity index (χ2v) is 7.50. The molecule has 3 amide bonds. The zero-order valence-electron chi connectivity index (χ0n) is 18.4. The topological polar surface area (TPSA) is 159 Å². The summed E-state index contributed by atoms with van der Waals surface area (Å²) in [6, 6.07) is 0. The van der Waals surface area contributed by atoms with Crippen molar-refractivity contribution in [3.8, 4) is 0 Å². The minimum Gasteiger partial charge on any atom is -0.481 e. The molecule has 4 N–H and O–H groups in total. The van der Waals surface area contributed by atoms with E-state index in [4.69, 9.17) is 5.11 Å². The van der Waals surface area contributed by atoms with Crippen LogP contribution in [0.4, 0.5) is 0 Å². The Labute approximate surface area is 183 Å². The van der Waals surface area contributed by atoms with Crippen molar-refractivity contribution in [2.24, 2.45) is 0 Å². The van der Waals surface area contributed by atoms with Gasteiger partial charge in [0.05, 0.1) is 0 Å². The molecule has 0 rings (SSSR count). The second kappa shape index (κ2) is 17.4. The quantitative estimate of drug-likeness (QED) is 0.142. The number of nitrogens with zero attached hydrogens (tertiary/aromatic N) is 3. The molecular formula is C20H37N3O8. The molecule has 0 spiro atoms. The van der Waals surface area contributed by atoms with E-state index in [2.05, 4.69) is 0 Å². The first kappa shape index (κ1) is 28.8. The van der Waals surface area contributed by atoms with Gasteiger partial charge in [-0.05, 0) is 38.5 Å². The molecule has 0 saturated carbocycles. The highest BCUT2D eigenvalue weighted by Crippen LogP contribution is 2.08. The van der Waals surface area contributed by atoms with Gasteiger partial charge in [0.1, 0.15) is 0 Å². The van der Waals surface area contributed by atoms with E-state index in [9.17, 15) is 34.8 Å². The Morgan fingerprint density at radius 2 is 0.903 bits per heavy atom. The van der Waals surface area contributed by atoms with Crippen molar-refractivity contribution in [1.29, 1.82) is 0 Å². The van der Waals surface area contributed by atoms with Crippen LogP contribution >= 0.6 is 0 Å². The molecule has 11 nitrogen and oxygen atoms in total.